The third-order valence-corrected chi connectivity index (χ3v) is 4.59. The average molecular weight is 261 g/mol. The monoisotopic (exact) mass is 261 g/mol. The second-order valence-corrected chi connectivity index (χ2v) is 6.31. The van der Waals surface area contributed by atoms with Gasteiger partial charge in [0.05, 0.1) is 16.7 Å². The molecular formula is C13H16BNO2S. The number of rotatable bonds is 1. The minimum Gasteiger partial charge on any atom is -0.399 e. The summed E-state index contributed by atoms with van der Waals surface area (Å²) in [5.41, 5.74) is 1.47. The summed E-state index contributed by atoms with van der Waals surface area (Å²) in [6.07, 6.45) is 0. The van der Waals surface area contributed by atoms with Gasteiger partial charge in [-0.1, -0.05) is 12.1 Å². The summed E-state index contributed by atoms with van der Waals surface area (Å²) in [7, 11) is -0.310. The van der Waals surface area contributed by atoms with Crippen molar-refractivity contribution in [1.82, 2.24) is 4.37 Å². The van der Waals surface area contributed by atoms with Crippen molar-refractivity contribution in [3.63, 3.8) is 0 Å². The zero-order valence-corrected chi connectivity index (χ0v) is 11.9. The molecule has 2 aromatic rings. The third kappa shape index (κ3) is 1.69. The summed E-state index contributed by atoms with van der Waals surface area (Å²) in [4.78, 5) is 0. The Kier molecular flexibility index (Phi) is 2.56. The Labute approximate surface area is 111 Å². The average Bonchev–Trinajstić information content (AvgIpc) is 2.81. The number of aromatic nitrogens is 1. The van der Waals surface area contributed by atoms with Crippen molar-refractivity contribution in [2.75, 3.05) is 0 Å². The van der Waals surface area contributed by atoms with Gasteiger partial charge in [0.1, 0.15) is 0 Å². The normalized spacial score (nSPS) is 21.7. The Hall–Kier alpha value is -0.905. The minimum absolute atomic E-state index is 0.302. The Balaban J connectivity index is 2.05. The zero-order valence-electron chi connectivity index (χ0n) is 11.1. The van der Waals surface area contributed by atoms with Crippen molar-refractivity contribution in [2.24, 2.45) is 0 Å². The number of hydrogen-bond donors (Lipinski definition) is 0. The van der Waals surface area contributed by atoms with Crippen LogP contribution >= 0.6 is 11.5 Å². The summed E-state index contributed by atoms with van der Waals surface area (Å²) >= 11 is 1.46. The molecule has 0 atom stereocenters. The van der Waals surface area contributed by atoms with Crippen molar-refractivity contribution in [3.05, 3.63) is 23.6 Å². The van der Waals surface area contributed by atoms with E-state index < -0.39 is 0 Å². The summed E-state index contributed by atoms with van der Waals surface area (Å²) in [6, 6.07) is 6.07. The molecule has 3 rings (SSSR count). The van der Waals surface area contributed by atoms with E-state index in [1.807, 2.05) is 12.1 Å². The molecule has 1 fully saturated rings. The Bertz CT molecular complexity index is 577. The molecule has 0 amide bonds. The van der Waals surface area contributed by atoms with Crippen LogP contribution in [-0.4, -0.2) is 22.7 Å². The summed E-state index contributed by atoms with van der Waals surface area (Å²) in [5.74, 6) is 0. The maximum Gasteiger partial charge on any atom is 0.495 e. The van der Waals surface area contributed by atoms with E-state index in [9.17, 15) is 0 Å². The Morgan fingerprint density at radius 1 is 1.11 bits per heavy atom. The second-order valence-electron chi connectivity index (χ2n) is 5.68. The lowest BCUT2D eigenvalue weighted by Gasteiger charge is -2.32. The summed E-state index contributed by atoms with van der Waals surface area (Å²) < 4.78 is 16.5. The van der Waals surface area contributed by atoms with Crippen LogP contribution in [-0.2, 0) is 9.31 Å². The molecule has 0 N–H and O–H groups in total. The quantitative estimate of drug-likeness (QED) is 0.739. The molecule has 1 saturated heterocycles. The highest BCUT2D eigenvalue weighted by atomic mass is 32.1. The standard InChI is InChI=1S/C13H16BNO2S/c1-12(2)13(3,4)17-14(16-12)10-6-5-7-11-9(10)8-18-15-11/h5-8H,1-4H3. The van der Waals surface area contributed by atoms with Gasteiger partial charge < -0.3 is 9.31 Å². The van der Waals surface area contributed by atoms with Crippen molar-refractivity contribution in [2.45, 2.75) is 38.9 Å². The van der Waals surface area contributed by atoms with E-state index in [0.717, 1.165) is 16.4 Å². The highest BCUT2D eigenvalue weighted by Crippen LogP contribution is 2.37. The smallest absolute Gasteiger partial charge is 0.399 e. The van der Waals surface area contributed by atoms with E-state index in [4.69, 9.17) is 9.31 Å². The lowest BCUT2D eigenvalue weighted by molar-refractivity contribution is 0.00578. The zero-order chi connectivity index (χ0) is 13.0. The van der Waals surface area contributed by atoms with Crippen LogP contribution < -0.4 is 5.46 Å². The fourth-order valence-electron chi connectivity index (χ4n) is 2.09. The van der Waals surface area contributed by atoms with E-state index >= 15 is 0 Å². The molecule has 0 spiro atoms. The third-order valence-electron chi connectivity index (χ3n) is 3.95. The van der Waals surface area contributed by atoms with Gasteiger partial charge >= 0.3 is 7.12 Å². The van der Waals surface area contributed by atoms with Gasteiger partial charge in [-0.2, -0.15) is 4.37 Å². The highest BCUT2D eigenvalue weighted by Gasteiger charge is 2.52. The van der Waals surface area contributed by atoms with Gasteiger partial charge in [-0.25, -0.2) is 0 Å². The van der Waals surface area contributed by atoms with Crippen molar-refractivity contribution in [1.29, 1.82) is 0 Å². The van der Waals surface area contributed by atoms with E-state index in [-0.39, 0.29) is 18.3 Å². The molecule has 0 radical (unpaired) electrons. The molecule has 18 heavy (non-hydrogen) atoms. The van der Waals surface area contributed by atoms with Gasteiger partial charge in [-0.05, 0) is 50.8 Å². The molecule has 1 aliphatic rings. The van der Waals surface area contributed by atoms with Crippen LogP contribution in [0, 0.1) is 0 Å². The van der Waals surface area contributed by atoms with Gasteiger partial charge in [0.15, 0.2) is 0 Å². The highest BCUT2D eigenvalue weighted by molar-refractivity contribution is 7.05. The van der Waals surface area contributed by atoms with Gasteiger partial charge in [-0.15, -0.1) is 0 Å². The number of hydrogen-bond acceptors (Lipinski definition) is 4. The lowest BCUT2D eigenvalue weighted by atomic mass is 9.77. The van der Waals surface area contributed by atoms with Gasteiger partial charge in [0, 0.05) is 10.8 Å². The fraction of sp³-hybridized carbons (Fsp3) is 0.462. The van der Waals surface area contributed by atoms with Crippen LogP contribution in [0.3, 0.4) is 0 Å². The topological polar surface area (TPSA) is 31.4 Å². The molecule has 0 unspecified atom stereocenters. The van der Waals surface area contributed by atoms with Gasteiger partial charge in [0.25, 0.3) is 0 Å². The van der Waals surface area contributed by atoms with Crippen molar-refractivity contribution >= 4 is 35.0 Å². The molecule has 1 aromatic heterocycles. The molecule has 0 bridgehead atoms. The summed E-state index contributed by atoms with van der Waals surface area (Å²) in [5, 5.41) is 3.18. The first kappa shape index (κ1) is 12.1. The molecule has 1 aromatic carbocycles. The van der Waals surface area contributed by atoms with Crippen LogP contribution in [0.4, 0.5) is 0 Å². The molecule has 0 aliphatic carbocycles. The molecular weight excluding hydrogens is 245 g/mol. The van der Waals surface area contributed by atoms with Crippen LogP contribution in [0.25, 0.3) is 10.9 Å². The predicted molar refractivity (Wildman–Crippen MR) is 75.3 cm³/mol. The molecule has 3 nitrogen and oxygen atoms in total. The summed E-state index contributed by atoms with van der Waals surface area (Å²) in [6.45, 7) is 8.27. The first-order valence-corrected chi connectivity index (χ1v) is 6.93. The minimum atomic E-state index is -0.310. The lowest BCUT2D eigenvalue weighted by Crippen LogP contribution is -2.41. The Morgan fingerprint density at radius 2 is 1.78 bits per heavy atom. The number of benzene rings is 1. The van der Waals surface area contributed by atoms with Gasteiger partial charge in [0.2, 0.25) is 0 Å². The van der Waals surface area contributed by atoms with E-state index in [0.29, 0.717) is 0 Å². The first-order chi connectivity index (χ1) is 8.41. The maximum atomic E-state index is 6.08. The second kappa shape index (κ2) is 3.79. The van der Waals surface area contributed by atoms with E-state index in [1.54, 1.807) is 0 Å². The van der Waals surface area contributed by atoms with E-state index in [2.05, 4.69) is 43.5 Å². The number of nitrogens with zero attached hydrogens (tertiary/aromatic N) is 1. The molecule has 1 aliphatic heterocycles. The molecule has 5 heteroatoms. The maximum absolute atomic E-state index is 6.08. The van der Waals surface area contributed by atoms with Crippen LogP contribution in [0.2, 0.25) is 0 Å². The van der Waals surface area contributed by atoms with Crippen molar-refractivity contribution < 1.29 is 9.31 Å². The fourth-order valence-corrected chi connectivity index (χ4v) is 2.78. The predicted octanol–water partition coefficient (Wildman–Crippen LogP) is 2.60. The number of fused-ring (bicyclic) bond motifs is 1. The molecule has 94 valence electrons. The Morgan fingerprint density at radius 3 is 2.44 bits per heavy atom. The van der Waals surface area contributed by atoms with E-state index in [1.165, 1.54) is 11.5 Å². The van der Waals surface area contributed by atoms with Crippen molar-refractivity contribution in [3.8, 4) is 0 Å². The SMILES string of the molecule is CC1(C)OB(c2cccc3nscc23)OC1(C)C. The first-order valence-electron chi connectivity index (χ1n) is 6.09. The van der Waals surface area contributed by atoms with Gasteiger partial charge in [-0.3, -0.25) is 0 Å². The molecule has 0 saturated carbocycles. The largest absolute Gasteiger partial charge is 0.495 e. The van der Waals surface area contributed by atoms with Crippen LogP contribution in [0.15, 0.2) is 23.6 Å². The molecule has 2 heterocycles. The van der Waals surface area contributed by atoms with Crippen LogP contribution in [0.1, 0.15) is 27.7 Å². The van der Waals surface area contributed by atoms with Crippen LogP contribution in [0.5, 0.6) is 0 Å².